The zero-order valence-corrected chi connectivity index (χ0v) is 30.1. The van der Waals surface area contributed by atoms with Gasteiger partial charge in [-0.25, -0.2) is 14.0 Å². The molecule has 10 nitrogen and oxygen atoms in total. The fourth-order valence-electron chi connectivity index (χ4n) is 7.35. The fourth-order valence-corrected chi connectivity index (χ4v) is 7.35. The van der Waals surface area contributed by atoms with Crippen LogP contribution < -0.4 is 5.32 Å². The number of carbonyl (C=O) groups excluding carboxylic acids is 4. The van der Waals surface area contributed by atoms with Crippen LogP contribution in [0.2, 0.25) is 0 Å². The van der Waals surface area contributed by atoms with Gasteiger partial charge in [0.2, 0.25) is 0 Å². The van der Waals surface area contributed by atoms with Crippen LogP contribution in [0.3, 0.4) is 0 Å². The van der Waals surface area contributed by atoms with Gasteiger partial charge in [0.25, 0.3) is 5.91 Å². The van der Waals surface area contributed by atoms with Gasteiger partial charge in [0.15, 0.2) is 12.2 Å². The number of halogens is 1. The van der Waals surface area contributed by atoms with Crippen molar-refractivity contribution in [2.75, 3.05) is 33.9 Å². The third kappa shape index (κ3) is 9.40. The quantitative estimate of drug-likeness (QED) is 0.179. The number of nitrogens with zero attached hydrogens (tertiary/aromatic N) is 1. The number of alkyl halides is 1. The Hall–Kier alpha value is -3.57. The predicted octanol–water partition coefficient (Wildman–Crippen LogP) is 5.39. The van der Waals surface area contributed by atoms with Crippen molar-refractivity contribution in [3.05, 3.63) is 59.2 Å². The summed E-state index contributed by atoms with van der Waals surface area (Å²) in [6.07, 6.45) is 10.0. The first-order valence-electron chi connectivity index (χ1n) is 18.0. The lowest BCUT2D eigenvalue weighted by Gasteiger charge is -2.35. The number of likely N-dealkylation sites (N-methyl/N-ethyl adjacent to an activating group) is 2. The zero-order valence-electron chi connectivity index (χ0n) is 30.1. The summed E-state index contributed by atoms with van der Waals surface area (Å²) in [6.45, 7) is 5.31. The van der Waals surface area contributed by atoms with Gasteiger partial charge in [-0.2, -0.15) is 0 Å². The molecule has 0 aromatic heterocycles. The van der Waals surface area contributed by atoms with Gasteiger partial charge in [0.1, 0.15) is 23.9 Å². The van der Waals surface area contributed by atoms with E-state index in [-0.39, 0.29) is 31.3 Å². The van der Waals surface area contributed by atoms with Gasteiger partial charge >= 0.3 is 17.9 Å². The largest absolute Gasteiger partial charge is 0.458 e. The van der Waals surface area contributed by atoms with Gasteiger partial charge in [0.05, 0.1) is 0 Å². The van der Waals surface area contributed by atoms with Crippen molar-refractivity contribution >= 4 is 23.8 Å². The molecule has 1 aromatic rings. The van der Waals surface area contributed by atoms with Crippen molar-refractivity contribution in [3.63, 3.8) is 0 Å². The van der Waals surface area contributed by atoms with Gasteiger partial charge in [-0.1, -0.05) is 66.5 Å². The number of amides is 1. The average molecular weight is 697 g/mol. The van der Waals surface area contributed by atoms with E-state index >= 15 is 0 Å². The number of ether oxygens (including phenoxy) is 4. The van der Waals surface area contributed by atoms with E-state index in [9.17, 15) is 23.6 Å². The molecule has 1 aromatic carbocycles. The molecule has 5 rings (SSSR count). The SMILES string of the molecule is CNC(C)(CC(C)(C)F)C(=O)OC1(C(=O)N(C)[C@@H](CC2CC2)C(=O)OCC(=O)OCc2ccccc2)CC1C1=CC=C(C2CCOCC2)CC1. The minimum atomic E-state index is -1.69. The Morgan fingerprint density at radius 2 is 1.66 bits per heavy atom. The fraction of sp³-hybridized carbons (Fsp3) is 0.641. The molecule has 1 saturated heterocycles. The minimum Gasteiger partial charge on any atom is -0.458 e. The van der Waals surface area contributed by atoms with E-state index in [1.54, 1.807) is 14.0 Å². The molecule has 4 atom stereocenters. The highest BCUT2D eigenvalue weighted by atomic mass is 19.1. The second kappa shape index (κ2) is 15.8. The molecule has 0 bridgehead atoms. The van der Waals surface area contributed by atoms with Crippen molar-refractivity contribution in [2.45, 2.75) is 108 Å². The summed E-state index contributed by atoms with van der Waals surface area (Å²) in [5.74, 6) is -2.34. The number of carbonyl (C=O) groups is 4. The molecule has 50 heavy (non-hydrogen) atoms. The molecule has 11 heteroatoms. The number of esters is 3. The number of rotatable bonds is 16. The van der Waals surface area contributed by atoms with Crippen LogP contribution in [0.4, 0.5) is 4.39 Å². The summed E-state index contributed by atoms with van der Waals surface area (Å²) in [6, 6.07) is 8.18. The average Bonchev–Trinajstić information content (AvgIpc) is 4.05. The minimum absolute atomic E-state index is 0.0448. The van der Waals surface area contributed by atoms with E-state index in [0.717, 1.165) is 62.9 Å². The summed E-state index contributed by atoms with van der Waals surface area (Å²) in [4.78, 5) is 55.7. The monoisotopic (exact) mass is 696 g/mol. The van der Waals surface area contributed by atoms with Gasteiger partial charge < -0.3 is 29.2 Å². The van der Waals surface area contributed by atoms with Crippen molar-refractivity contribution in [2.24, 2.45) is 17.8 Å². The van der Waals surface area contributed by atoms with Crippen LogP contribution >= 0.6 is 0 Å². The zero-order chi connectivity index (χ0) is 36.1. The van der Waals surface area contributed by atoms with E-state index in [4.69, 9.17) is 18.9 Å². The molecule has 3 aliphatic carbocycles. The van der Waals surface area contributed by atoms with E-state index in [0.29, 0.717) is 12.3 Å². The highest BCUT2D eigenvalue weighted by Gasteiger charge is 2.67. The molecule has 0 spiro atoms. The second-order valence-corrected chi connectivity index (χ2v) is 15.2. The highest BCUT2D eigenvalue weighted by Crippen LogP contribution is 2.55. The molecule has 1 heterocycles. The number of hydrogen-bond donors (Lipinski definition) is 1. The van der Waals surface area contributed by atoms with Crippen LogP contribution in [-0.2, 0) is 44.7 Å². The molecule has 0 radical (unpaired) electrons. The van der Waals surface area contributed by atoms with Gasteiger partial charge in [-0.15, -0.1) is 0 Å². The molecular weight excluding hydrogens is 643 g/mol. The number of nitrogens with one attached hydrogen (secondary N) is 1. The maximum Gasteiger partial charge on any atom is 0.344 e. The second-order valence-electron chi connectivity index (χ2n) is 15.2. The van der Waals surface area contributed by atoms with Crippen molar-refractivity contribution in [1.29, 1.82) is 0 Å². The molecule has 1 N–H and O–H groups in total. The Balaban J connectivity index is 1.33. The Labute approximate surface area is 295 Å². The third-order valence-corrected chi connectivity index (χ3v) is 10.6. The number of hydrogen-bond acceptors (Lipinski definition) is 9. The first-order valence-corrected chi connectivity index (χ1v) is 18.0. The van der Waals surface area contributed by atoms with Crippen molar-refractivity contribution in [1.82, 2.24) is 10.2 Å². The standard InChI is InChI=1S/C39H53FN2O8/c1-37(2,40)25-38(3,41-4)36(46)50-39(22-31(39)30-15-13-28(14-16-30)29-17-19-47-20-18-29)35(45)42(5)32(21-26-11-12-26)34(44)49-24-33(43)48-23-27-9-7-6-8-10-27/h6-10,13,15,26,29,31-32,41H,11-12,14,16-25H2,1-5H3/t31?,32-,38?,39?/m0/s1. The van der Waals surface area contributed by atoms with Crippen LogP contribution in [0.5, 0.6) is 0 Å². The Morgan fingerprint density at radius 3 is 2.26 bits per heavy atom. The van der Waals surface area contributed by atoms with Gasteiger partial charge in [0, 0.05) is 39.0 Å². The van der Waals surface area contributed by atoms with E-state index in [1.807, 2.05) is 30.3 Å². The number of benzene rings is 1. The maximum atomic E-state index is 14.9. The van der Waals surface area contributed by atoms with Gasteiger partial charge in [-0.05, 0) is 77.3 Å². The summed E-state index contributed by atoms with van der Waals surface area (Å²) in [5.41, 5.74) is -1.47. The summed E-state index contributed by atoms with van der Waals surface area (Å²) >= 11 is 0. The Kier molecular flexibility index (Phi) is 11.9. The summed E-state index contributed by atoms with van der Waals surface area (Å²) < 4.78 is 37.3. The summed E-state index contributed by atoms with van der Waals surface area (Å²) in [5, 5.41) is 2.92. The highest BCUT2D eigenvalue weighted by molar-refractivity contribution is 5.96. The molecule has 3 unspecified atom stereocenters. The van der Waals surface area contributed by atoms with Crippen LogP contribution in [0.25, 0.3) is 0 Å². The Bertz CT molecular complexity index is 1460. The number of allylic oxidation sites excluding steroid dienone is 3. The summed E-state index contributed by atoms with van der Waals surface area (Å²) in [7, 11) is 3.09. The van der Waals surface area contributed by atoms with Crippen molar-refractivity contribution in [3.8, 4) is 0 Å². The van der Waals surface area contributed by atoms with Crippen molar-refractivity contribution < 1.29 is 42.5 Å². The lowest BCUT2D eigenvalue weighted by molar-refractivity contribution is -0.174. The Morgan fingerprint density at radius 1 is 1.00 bits per heavy atom. The lowest BCUT2D eigenvalue weighted by Crippen LogP contribution is -2.56. The lowest BCUT2D eigenvalue weighted by atomic mass is 9.83. The van der Waals surface area contributed by atoms with Crippen LogP contribution in [0.15, 0.2) is 53.6 Å². The maximum absolute atomic E-state index is 14.9. The first-order chi connectivity index (χ1) is 23.7. The van der Waals surface area contributed by atoms with Gasteiger partial charge in [-0.3, -0.25) is 9.59 Å². The molecule has 4 aliphatic rings. The topological polar surface area (TPSA) is 120 Å². The van der Waals surface area contributed by atoms with E-state index in [1.165, 1.54) is 31.4 Å². The molecule has 274 valence electrons. The van der Waals surface area contributed by atoms with E-state index < -0.39 is 53.3 Å². The predicted molar refractivity (Wildman–Crippen MR) is 184 cm³/mol. The molecule has 3 fully saturated rings. The van der Waals surface area contributed by atoms with Crippen LogP contribution in [0.1, 0.15) is 84.1 Å². The molecular formula is C39H53FN2O8. The first kappa shape index (κ1) is 37.7. The third-order valence-electron chi connectivity index (χ3n) is 10.6. The van der Waals surface area contributed by atoms with E-state index in [2.05, 4.69) is 17.5 Å². The smallest absolute Gasteiger partial charge is 0.344 e. The molecule has 1 aliphatic heterocycles. The molecule has 2 saturated carbocycles. The normalized spacial score (nSPS) is 24.2. The molecule has 1 amide bonds. The van der Waals surface area contributed by atoms with Crippen LogP contribution in [-0.4, -0.2) is 85.5 Å². The van der Waals surface area contributed by atoms with Crippen LogP contribution in [0, 0.1) is 17.8 Å².